The van der Waals surface area contributed by atoms with E-state index in [1.807, 2.05) is 6.07 Å². The van der Waals surface area contributed by atoms with E-state index in [4.69, 9.17) is 4.98 Å². The number of pyridine rings is 1. The van der Waals surface area contributed by atoms with E-state index in [2.05, 4.69) is 44.1 Å². The van der Waals surface area contributed by atoms with Gasteiger partial charge in [-0.3, -0.25) is 0 Å². The van der Waals surface area contributed by atoms with Crippen LogP contribution in [0.1, 0.15) is 43.8 Å². The van der Waals surface area contributed by atoms with E-state index in [0.29, 0.717) is 6.04 Å². The summed E-state index contributed by atoms with van der Waals surface area (Å²) in [5.41, 5.74) is 2.24. The molecular weight excluding hydrogens is 302 g/mol. The minimum Gasteiger partial charge on any atom is -0.306 e. The van der Waals surface area contributed by atoms with E-state index in [0.717, 1.165) is 22.1 Å². The van der Waals surface area contributed by atoms with Gasteiger partial charge in [0, 0.05) is 22.9 Å². The lowest BCUT2D eigenvalue weighted by Gasteiger charge is -2.24. The molecule has 3 heterocycles. The lowest BCUT2D eigenvalue weighted by Crippen LogP contribution is -2.30. The van der Waals surface area contributed by atoms with Crippen LogP contribution in [0, 0.1) is 5.92 Å². The summed E-state index contributed by atoms with van der Waals surface area (Å²) in [5, 5.41) is 3.80. The number of fused-ring (bicyclic) bond motifs is 2. The van der Waals surface area contributed by atoms with Gasteiger partial charge in [-0.15, -0.1) is 0 Å². The molecule has 3 nitrogen and oxygen atoms in total. The molecule has 0 aromatic carbocycles. The Morgan fingerprint density at radius 3 is 3.00 bits per heavy atom. The van der Waals surface area contributed by atoms with Crippen molar-refractivity contribution >= 4 is 21.6 Å². The topological polar surface area (TPSA) is 29.3 Å². The van der Waals surface area contributed by atoms with Crippen LogP contribution in [-0.4, -0.2) is 15.4 Å². The minimum atomic E-state index is 0.451. The molecule has 19 heavy (non-hydrogen) atoms. The normalized spacial score (nSPS) is 30.7. The predicted octanol–water partition coefficient (Wildman–Crippen LogP) is 3.69. The van der Waals surface area contributed by atoms with Crippen molar-refractivity contribution in [2.75, 3.05) is 0 Å². The monoisotopic (exact) mass is 319 g/mol. The number of rotatable bonds is 1. The van der Waals surface area contributed by atoms with Crippen molar-refractivity contribution in [1.29, 1.82) is 0 Å². The maximum absolute atomic E-state index is 4.77. The zero-order valence-electron chi connectivity index (χ0n) is 10.8. The molecule has 2 fully saturated rings. The summed E-state index contributed by atoms with van der Waals surface area (Å²) in [5.74, 6) is 0.871. The van der Waals surface area contributed by atoms with Crippen molar-refractivity contribution in [2.45, 2.75) is 44.2 Å². The maximum atomic E-state index is 4.77. The van der Waals surface area contributed by atoms with Crippen LogP contribution in [0.5, 0.6) is 0 Å². The van der Waals surface area contributed by atoms with E-state index in [9.17, 15) is 0 Å². The average molecular weight is 320 g/mol. The minimum absolute atomic E-state index is 0.451. The summed E-state index contributed by atoms with van der Waals surface area (Å²) >= 11 is 3.51. The second-order valence-corrected chi connectivity index (χ2v) is 6.80. The van der Waals surface area contributed by atoms with E-state index < -0.39 is 0 Å². The average Bonchev–Trinajstić information content (AvgIpc) is 3.00. The van der Waals surface area contributed by atoms with Gasteiger partial charge in [-0.25, -0.2) is 4.98 Å². The van der Waals surface area contributed by atoms with Crippen LogP contribution in [-0.2, 0) is 0 Å². The molecule has 1 saturated carbocycles. The highest BCUT2D eigenvalue weighted by atomic mass is 79.9. The molecule has 4 heteroatoms. The fourth-order valence-corrected chi connectivity index (χ4v) is 4.05. The third-order valence-electron chi connectivity index (χ3n) is 4.65. The smallest absolute Gasteiger partial charge is 0.137 e. The lowest BCUT2D eigenvalue weighted by atomic mass is 9.85. The molecule has 2 aliphatic rings. The SMILES string of the molecule is Brc1ccc2nc([C@H]3CC4CCCCC4N3)cn2c1. The highest BCUT2D eigenvalue weighted by molar-refractivity contribution is 9.10. The van der Waals surface area contributed by atoms with Gasteiger partial charge in [0.25, 0.3) is 0 Å². The fraction of sp³-hybridized carbons (Fsp3) is 0.533. The van der Waals surface area contributed by atoms with Gasteiger partial charge < -0.3 is 9.72 Å². The Balaban J connectivity index is 1.64. The molecule has 100 valence electrons. The fourth-order valence-electron chi connectivity index (χ4n) is 3.70. The van der Waals surface area contributed by atoms with Crippen LogP contribution in [0.15, 0.2) is 29.0 Å². The molecule has 2 unspecified atom stereocenters. The Labute approximate surface area is 121 Å². The molecule has 1 aliphatic heterocycles. The van der Waals surface area contributed by atoms with Gasteiger partial charge in [-0.2, -0.15) is 0 Å². The Morgan fingerprint density at radius 2 is 2.11 bits per heavy atom. The molecule has 3 atom stereocenters. The van der Waals surface area contributed by atoms with Gasteiger partial charge >= 0.3 is 0 Å². The molecule has 4 rings (SSSR count). The third kappa shape index (κ3) is 2.11. The van der Waals surface area contributed by atoms with Crippen molar-refractivity contribution in [2.24, 2.45) is 5.92 Å². The highest BCUT2D eigenvalue weighted by Crippen LogP contribution is 2.38. The number of nitrogens with one attached hydrogen (secondary N) is 1. The molecule has 0 spiro atoms. The Kier molecular flexibility index (Phi) is 2.88. The first-order chi connectivity index (χ1) is 9.29. The largest absolute Gasteiger partial charge is 0.306 e. The van der Waals surface area contributed by atoms with Crippen molar-refractivity contribution in [3.8, 4) is 0 Å². The van der Waals surface area contributed by atoms with Gasteiger partial charge in [0.1, 0.15) is 5.65 Å². The molecular formula is C15H18BrN3. The van der Waals surface area contributed by atoms with Crippen LogP contribution in [0.2, 0.25) is 0 Å². The van der Waals surface area contributed by atoms with E-state index in [1.54, 1.807) is 0 Å². The first-order valence-electron chi connectivity index (χ1n) is 7.20. The zero-order chi connectivity index (χ0) is 12.8. The van der Waals surface area contributed by atoms with Crippen LogP contribution >= 0.6 is 15.9 Å². The Hall–Kier alpha value is -0.870. The maximum Gasteiger partial charge on any atom is 0.137 e. The molecule has 0 bridgehead atoms. The number of aromatic nitrogens is 2. The van der Waals surface area contributed by atoms with Gasteiger partial charge in [0.2, 0.25) is 0 Å². The molecule has 1 N–H and O–H groups in total. The molecule has 2 aromatic rings. The molecule has 0 amide bonds. The molecule has 2 aromatic heterocycles. The number of hydrogen-bond donors (Lipinski definition) is 1. The quantitative estimate of drug-likeness (QED) is 0.868. The van der Waals surface area contributed by atoms with Crippen molar-refractivity contribution < 1.29 is 0 Å². The van der Waals surface area contributed by atoms with Crippen molar-refractivity contribution in [3.63, 3.8) is 0 Å². The highest BCUT2D eigenvalue weighted by Gasteiger charge is 2.36. The first kappa shape index (κ1) is 11.9. The standard InChI is InChI=1S/C15H18BrN3/c16-11-5-6-15-18-14(9-19(15)8-11)13-7-10-3-1-2-4-12(10)17-13/h5-6,8-10,12-13,17H,1-4,7H2/t10?,12?,13-/m1/s1. The number of imidazole rings is 1. The number of hydrogen-bond acceptors (Lipinski definition) is 2. The van der Waals surface area contributed by atoms with Crippen molar-refractivity contribution in [3.05, 3.63) is 34.7 Å². The zero-order valence-corrected chi connectivity index (χ0v) is 12.4. The van der Waals surface area contributed by atoms with E-state index >= 15 is 0 Å². The summed E-state index contributed by atoms with van der Waals surface area (Å²) in [6, 6.07) is 5.30. The summed E-state index contributed by atoms with van der Waals surface area (Å²) in [6.07, 6.45) is 11.1. The number of nitrogens with zero attached hydrogens (tertiary/aromatic N) is 2. The van der Waals surface area contributed by atoms with E-state index in [1.165, 1.54) is 37.8 Å². The van der Waals surface area contributed by atoms with Gasteiger partial charge in [0.05, 0.1) is 11.7 Å². The second kappa shape index (κ2) is 4.60. The molecule has 1 saturated heterocycles. The van der Waals surface area contributed by atoms with Crippen LogP contribution in [0.4, 0.5) is 0 Å². The van der Waals surface area contributed by atoms with Crippen molar-refractivity contribution in [1.82, 2.24) is 14.7 Å². The van der Waals surface area contributed by atoms with Crippen LogP contribution < -0.4 is 5.32 Å². The summed E-state index contributed by atoms with van der Waals surface area (Å²) in [4.78, 5) is 4.77. The molecule has 0 radical (unpaired) electrons. The second-order valence-electron chi connectivity index (χ2n) is 5.88. The predicted molar refractivity (Wildman–Crippen MR) is 79.1 cm³/mol. The summed E-state index contributed by atoms with van der Waals surface area (Å²) in [6.45, 7) is 0. The summed E-state index contributed by atoms with van der Waals surface area (Å²) < 4.78 is 3.21. The van der Waals surface area contributed by atoms with Gasteiger partial charge in [-0.1, -0.05) is 12.8 Å². The van der Waals surface area contributed by atoms with Gasteiger partial charge in [-0.05, 0) is 53.2 Å². The lowest BCUT2D eigenvalue weighted by molar-refractivity contribution is 0.325. The van der Waals surface area contributed by atoms with Crippen LogP contribution in [0.25, 0.3) is 5.65 Å². The third-order valence-corrected chi connectivity index (χ3v) is 5.12. The number of halogens is 1. The van der Waals surface area contributed by atoms with E-state index in [-0.39, 0.29) is 0 Å². The Bertz CT molecular complexity index is 592. The Morgan fingerprint density at radius 1 is 1.21 bits per heavy atom. The van der Waals surface area contributed by atoms with Crippen LogP contribution in [0.3, 0.4) is 0 Å². The summed E-state index contributed by atoms with van der Waals surface area (Å²) in [7, 11) is 0. The molecule has 1 aliphatic carbocycles. The first-order valence-corrected chi connectivity index (χ1v) is 7.99. The van der Waals surface area contributed by atoms with Gasteiger partial charge in [0.15, 0.2) is 0 Å².